The summed E-state index contributed by atoms with van der Waals surface area (Å²) in [7, 11) is 0. The Morgan fingerprint density at radius 1 is 1.54 bits per heavy atom. The van der Waals surface area contributed by atoms with Gasteiger partial charge in [-0.25, -0.2) is 0 Å². The normalized spacial score (nSPS) is 39.0. The van der Waals surface area contributed by atoms with Gasteiger partial charge >= 0.3 is 0 Å². The zero-order valence-electron chi connectivity index (χ0n) is 9.21. The van der Waals surface area contributed by atoms with Gasteiger partial charge in [0.15, 0.2) is 0 Å². The van der Waals surface area contributed by atoms with Gasteiger partial charge in [0.25, 0.3) is 0 Å². The summed E-state index contributed by atoms with van der Waals surface area (Å²) in [5, 5.41) is 9.09. The molecule has 1 N–H and O–H groups in total. The number of hydrogen-bond donors (Lipinski definition) is 1. The molecule has 1 aliphatic rings. The fourth-order valence-corrected chi connectivity index (χ4v) is 2.22. The largest absolute Gasteiger partial charge is 0.396 e. The molecule has 78 valence electrons. The third kappa shape index (κ3) is 2.23. The summed E-state index contributed by atoms with van der Waals surface area (Å²) in [5.41, 5.74) is -0.0123. The fourth-order valence-electron chi connectivity index (χ4n) is 2.22. The van der Waals surface area contributed by atoms with Crippen molar-refractivity contribution in [2.45, 2.75) is 39.7 Å². The van der Waals surface area contributed by atoms with Crippen LogP contribution in [0.25, 0.3) is 0 Å². The summed E-state index contributed by atoms with van der Waals surface area (Å²) in [4.78, 5) is 0. The van der Waals surface area contributed by atoms with E-state index in [0.29, 0.717) is 17.8 Å². The molecule has 4 unspecified atom stereocenters. The molecule has 0 aromatic carbocycles. The molecule has 0 spiro atoms. The van der Waals surface area contributed by atoms with Crippen LogP contribution in [-0.4, -0.2) is 23.9 Å². The van der Waals surface area contributed by atoms with E-state index in [1.165, 1.54) is 0 Å². The molecular formula is C11H22O2. The summed E-state index contributed by atoms with van der Waals surface area (Å²) in [6, 6.07) is 0. The average Bonchev–Trinajstić information content (AvgIpc) is 2.45. The van der Waals surface area contributed by atoms with Gasteiger partial charge in [-0.2, -0.15) is 0 Å². The topological polar surface area (TPSA) is 29.5 Å². The molecule has 0 aliphatic carbocycles. The minimum Gasteiger partial charge on any atom is -0.396 e. The first-order valence-corrected chi connectivity index (χ1v) is 5.24. The van der Waals surface area contributed by atoms with Crippen molar-refractivity contribution in [1.82, 2.24) is 0 Å². The number of aliphatic hydroxyl groups excluding tert-OH is 1. The Kier molecular flexibility index (Phi) is 3.36. The molecule has 1 fully saturated rings. The smallest absolute Gasteiger partial charge is 0.0686 e. The van der Waals surface area contributed by atoms with E-state index in [2.05, 4.69) is 27.7 Å². The van der Waals surface area contributed by atoms with Crippen LogP contribution in [0.4, 0.5) is 0 Å². The Bertz CT molecular complexity index is 169. The number of ether oxygens (including phenoxy) is 1. The molecule has 1 saturated heterocycles. The molecule has 0 aromatic heterocycles. The van der Waals surface area contributed by atoms with Crippen LogP contribution in [-0.2, 0) is 4.74 Å². The fraction of sp³-hybridized carbons (Fsp3) is 1.00. The van der Waals surface area contributed by atoms with Gasteiger partial charge in [-0.1, -0.05) is 20.8 Å². The van der Waals surface area contributed by atoms with E-state index in [9.17, 15) is 0 Å². The second kappa shape index (κ2) is 3.97. The summed E-state index contributed by atoms with van der Waals surface area (Å²) in [6.45, 7) is 9.80. The third-order valence-corrected chi connectivity index (χ3v) is 3.56. The molecule has 1 heterocycles. The molecule has 13 heavy (non-hydrogen) atoms. The predicted octanol–water partition coefficient (Wildman–Crippen LogP) is 2.07. The predicted molar refractivity (Wildman–Crippen MR) is 53.6 cm³/mol. The molecule has 2 heteroatoms. The molecule has 2 nitrogen and oxygen atoms in total. The van der Waals surface area contributed by atoms with Crippen LogP contribution < -0.4 is 0 Å². The summed E-state index contributed by atoms with van der Waals surface area (Å²) < 4.78 is 5.83. The summed E-state index contributed by atoms with van der Waals surface area (Å²) >= 11 is 0. The van der Waals surface area contributed by atoms with Crippen LogP contribution in [0.15, 0.2) is 0 Å². The van der Waals surface area contributed by atoms with Gasteiger partial charge in [-0.05, 0) is 31.1 Å². The Hall–Kier alpha value is -0.0800. The SMILES string of the molecule is CC1COC(C)(C(C)C(C)CO)C1. The lowest BCUT2D eigenvalue weighted by Crippen LogP contribution is -2.37. The van der Waals surface area contributed by atoms with E-state index in [0.717, 1.165) is 13.0 Å². The molecule has 0 aromatic rings. The lowest BCUT2D eigenvalue weighted by molar-refractivity contribution is -0.0479. The quantitative estimate of drug-likeness (QED) is 0.731. The highest BCUT2D eigenvalue weighted by atomic mass is 16.5. The molecule has 0 saturated carbocycles. The highest BCUT2D eigenvalue weighted by molar-refractivity contribution is 4.89. The number of aliphatic hydroxyl groups is 1. The molecule has 0 bridgehead atoms. The standard InChI is InChI=1S/C11H22O2/c1-8-5-11(4,13-7-8)10(3)9(2)6-12/h8-10,12H,5-7H2,1-4H3. The summed E-state index contributed by atoms with van der Waals surface area (Å²) in [5.74, 6) is 1.43. The van der Waals surface area contributed by atoms with Gasteiger partial charge in [-0.15, -0.1) is 0 Å². The van der Waals surface area contributed by atoms with Crippen LogP contribution in [0.2, 0.25) is 0 Å². The van der Waals surface area contributed by atoms with E-state index in [4.69, 9.17) is 9.84 Å². The van der Waals surface area contributed by atoms with Gasteiger partial charge in [-0.3, -0.25) is 0 Å². The van der Waals surface area contributed by atoms with Gasteiger partial charge < -0.3 is 9.84 Å². The van der Waals surface area contributed by atoms with Crippen molar-refractivity contribution >= 4 is 0 Å². The monoisotopic (exact) mass is 186 g/mol. The van der Waals surface area contributed by atoms with Crippen molar-refractivity contribution in [1.29, 1.82) is 0 Å². The first-order valence-electron chi connectivity index (χ1n) is 5.24. The Morgan fingerprint density at radius 2 is 2.15 bits per heavy atom. The van der Waals surface area contributed by atoms with Crippen LogP contribution in [0, 0.1) is 17.8 Å². The van der Waals surface area contributed by atoms with Crippen molar-refractivity contribution in [3.63, 3.8) is 0 Å². The van der Waals surface area contributed by atoms with Crippen molar-refractivity contribution in [3.05, 3.63) is 0 Å². The van der Waals surface area contributed by atoms with E-state index in [1.54, 1.807) is 0 Å². The summed E-state index contributed by atoms with van der Waals surface area (Å²) in [6.07, 6.45) is 1.12. The Labute approximate surface area is 81.3 Å². The van der Waals surface area contributed by atoms with Crippen LogP contribution in [0.1, 0.15) is 34.1 Å². The number of rotatable bonds is 3. The second-order valence-electron chi connectivity index (χ2n) is 4.88. The van der Waals surface area contributed by atoms with Crippen molar-refractivity contribution in [2.24, 2.45) is 17.8 Å². The molecule has 0 amide bonds. The first-order chi connectivity index (χ1) is 5.99. The minimum atomic E-state index is -0.0123. The molecule has 0 radical (unpaired) electrons. The maximum atomic E-state index is 9.09. The van der Waals surface area contributed by atoms with E-state index >= 15 is 0 Å². The Morgan fingerprint density at radius 3 is 2.54 bits per heavy atom. The van der Waals surface area contributed by atoms with Crippen LogP contribution in [0.5, 0.6) is 0 Å². The molecular weight excluding hydrogens is 164 g/mol. The second-order valence-corrected chi connectivity index (χ2v) is 4.88. The zero-order chi connectivity index (χ0) is 10.1. The Balaban J connectivity index is 2.59. The van der Waals surface area contributed by atoms with Gasteiger partial charge in [0.05, 0.1) is 5.60 Å². The highest BCUT2D eigenvalue weighted by Gasteiger charge is 2.40. The molecule has 4 atom stereocenters. The van der Waals surface area contributed by atoms with Gasteiger partial charge in [0, 0.05) is 13.2 Å². The maximum absolute atomic E-state index is 9.09. The van der Waals surface area contributed by atoms with E-state index < -0.39 is 0 Å². The third-order valence-electron chi connectivity index (χ3n) is 3.56. The van der Waals surface area contributed by atoms with Crippen molar-refractivity contribution in [3.8, 4) is 0 Å². The van der Waals surface area contributed by atoms with Crippen LogP contribution >= 0.6 is 0 Å². The number of hydrogen-bond acceptors (Lipinski definition) is 2. The highest BCUT2D eigenvalue weighted by Crippen LogP contribution is 2.38. The first kappa shape index (κ1) is 11.0. The van der Waals surface area contributed by atoms with Crippen LogP contribution in [0.3, 0.4) is 0 Å². The lowest BCUT2D eigenvalue weighted by atomic mass is 9.78. The average molecular weight is 186 g/mol. The van der Waals surface area contributed by atoms with Crippen molar-refractivity contribution in [2.75, 3.05) is 13.2 Å². The van der Waals surface area contributed by atoms with E-state index in [-0.39, 0.29) is 12.2 Å². The van der Waals surface area contributed by atoms with E-state index in [1.807, 2.05) is 0 Å². The van der Waals surface area contributed by atoms with Gasteiger partial charge in [0.2, 0.25) is 0 Å². The van der Waals surface area contributed by atoms with Crippen molar-refractivity contribution < 1.29 is 9.84 Å². The molecule has 1 aliphatic heterocycles. The zero-order valence-corrected chi connectivity index (χ0v) is 9.21. The van der Waals surface area contributed by atoms with Gasteiger partial charge in [0.1, 0.15) is 0 Å². The minimum absolute atomic E-state index is 0.0123. The lowest BCUT2D eigenvalue weighted by Gasteiger charge is -2.34. The molecule has 1 rings (SSSR count). The maximum Gasteiger partial charge on any atom is 0.0686 e.